The minimum Gasteiger partial charge on any atom is -0.489 e. The van der Waals surface area contributed by atoms with Crippen molar-refractivity contribution in [1.82, 2.24) is 15.5 Å². The van der Waals surface area contributed by atoms with Crippen LogP contribution in [0, 0.1) is 5.92 Å². The van der Waals surface area contributed by atoms with Gasteiger partial charge in [-0.1, -0.05) is 55.3 Å². The number of likely N-dealkylation sites (tertiary alicyclic amines) is 1. The van der Waals surface area contributed by atoms with Crippen LogP contribution in [0.5, 0.6) is 5.75 Å². The number of aliphatic imine (C=N–C) groups is 1. The molecule has 1 atom stereocenters. The third kappa shape index (κ3) is 6.02. The number of carbonyl (C=O) groups excluding carboxylic acids is 1. The van der Waals surface area contributed by atoms with Crippen molar-refractivity contribution in [3.8, 4) is 5.75 Å². The average Bonchev–Trinajstić information content (AvgIpc) is 3.54. The Morgan fingerprint density at radius 3 is 2.47 bits per heavy atom. The Kier molecular flexibility index (Phi) is 7.64. The van der Waals surface area contributed by atoms with Crippen molar-refractivity contribution >= 4 is 11.9 Å². The van der Waals surface area contributed by atoms with E-state index in [2.05, 4.69) is 39.9 Å². The number of carbonyl (C=O) groups is 1. The first-order valence-corrected chi connectivity index (χ1v) is 11.7. The normalized spacial score (nSPS) is 19.2. The highest BCUT2D eigenvalue weighted by Crippen LogP contribution is 2.27. The number of hydrogen-bond acceptors (Lipinski definition) is 3. The Labute approximate surface area is 191 Å². The first-order valence-electron chi connectivity index (χ1n) is 11.7. The summed E-state index contributed by atoms with van der Waals surface area (Å²) >= 11 is 0. The second-order valence-electron chi connectivity index (χ2n) is 8.74. The molecular formula is C26H34N4O2. The molecule has 1 amide bonds. The largest absolute Gasteiger partial charge is 0.489 e. The van der Waals surface area contributed by atoms with Gasteiger partial charge in [-0.15, -0.1) is 0 Å². The van der Waals surface area contributed by atoms with Gasteiger partial charge in [-0.2, -0.15) is 0 Å². The van der Waals surface area contributed by atoms with Gasteiger partial charge >= 0.3 is 0 Å². The lowest BCUT2D eigenvalue weighted by Crippen LogP contribution is -2.45. The monoisotopic (exact) mass is 434 g/mol. The van der Waals surface area contributed by atoms with E-state index in [1.807, 2.05) is 35.2 Å². The molecule has 0 bridgehead atoms. The molecule has 1 aliphatic heterocycles. The minimum atomic E-state index is 0.254. The second-order valence-corrected chi connectivity index (χ2v) is 8.74. The molecule has 4 rings (SSSR count). The molecule has 0 aromatic heterocycles. The maximum absolute atomic E-state index is 12.7. The molecule has 1 saturated heterocycles. The Balaban J connectivity index is 1.20. The average molecular weight is 435 g/mol. The molecule has 1 unspecified atom stereocenters. The quantitative estimate of drug-likeness (QED) is 0.515. The Hall–Kier alpha value is -3.02. The number of nitrogens with one attached hydrogen (secondary N) is 2. The fourth-order valence-electron chi connectivity index (χ4n) is 4.52. The van der Waals surface area contributed by atoms with Crippen LogP contribution in [0.1, 0.15) is 43.2 Å². The number of benzene rings is 2. The molecule has 1 aliphatic carbocycles. The molecule has 1 saturated carbocycles. The van der Waals surface area contributed by atoms with Crippen LogP contribution in [0.3, 0.4) is 0 Å². The topological polar surface area (TPSA) is 66.0 Å². The molecule has 2 fully saturated rings. The van der Waals surface area contributed by atoms with Crippen molar-refractivity contribution in [2.45, 2.75) is 51.3 Å². The van der Waals surface area contributed by atoms with E-state index in [1.165, 1.54) is 18.4 Å². The van der Waals surface area contributed by atoms with E-state index in [9.17, 15) is 4.79 Å². The number of hydrogen-bond donors (Lipinski definition) is 2. The number of nitrogens with zero attached hydrogens (tertiary/aromatic N) is 2. The van der Waals surface area contributed by atoms with Gasteiger partial charge in [0.2, 0.25) is 5.91 Å². The summed E-state index contributed by atoms with van der Waals surface area (Å²) in [5.74, 6) is 2.27. The lowest BCUT2D eigenvalue weighted by atomic mass is 10.1. The molecule has 0 radical (unpaired) electrons. The lowest BCUT2D eigenvalue weighted by Gasteiger charge is -2.21. The fraction of sp³-hybridized carbons (Fsp3) is 0.462. The molecule has 170 valence electrons. The summed E-state index contributed by atoms with van der Waals surface area (Å²) in [4.78, 5) is 19.1. The van der Waals surface area contributed by atoms with Gasteiger partial charge in [0, 0.05) is 38.6 Å². The number of ether oxygens (including phenoxy) is 1. The van der Waals surface area contributed by atoms with Crippen molar-refractivity contribution in [3.05, 3.63) is 65.7 Å². The number of amides is 1. The van der Waals surface area contributed by atoms with Gasteiger partial charge in [0.15, 0.2) is 5.96 Å². The summed E-state index contributed by atoms with van der Waals surface area (Å²) in [6, 6.07) is 18.5. The summed E-state index contributed by atoms with van der Waals surface area (Å²) in [6.07, 6.45) is 5.49. The SMILES string of the molecule is CN=C(NCc1ccc(COc2ccccc2)cc1)NC1CCN(C(=O)C2CCCC2)C1. The van der Waals surface area contributed by atoms with Crippen LogP contribution < -0.4 is 15.4 Å². The van der Waals surface area contributed by atoms with Gasteiger partial charge in [-0.25, -0.2) is 0 Å². The molecule has 0 spiro atoms. The predicted octanol–water partition coefficient (Wildman–Crippen LogP) is 3.72. The molecule has 6 nitrogen and oxygen atoms in total. The standard InChI is InChI=1S/C26H34N4O2/c1-27-26(29-23-15-16-30(18-23)25(31)22-7-5-6-8-22)28-17-20-11-13-21(14-12-20)19-32-24-9-3-2-4-10-24/h2-4,9-14,22-23H,5-8,15-19H2,1H3,(H2,27,28,29). The van der Waals surface area contributed by atoms with Crippen LogP contribution >= 0.6 is 0 Å². The van der Waals surface area contributed by atoms with E-state index in [4.69, 9.17) is 4.74 Å². The summed E-state index contributed by atoms with van der Waals surface area (Å²) in [6.45, 7) is 2.86. The zero-order chi connectivity index (χ0) is 22.2. The maximum atomic E-state index is 12.7. The fourth-order valence-corrected chi connectivity index (χ4v) is 4.52. The van der Waals surface area contributed by atoms with Crippen molar-refractivity contribution in [3.63, 3.8) is 0 Å². The first-order chi connectivity index (χ1) is 15.7. The van der Waals surface area contributed by atoms with E-state index in [0.717, 1.165) is 49.6 Å². The molecule has 2 aromatic rings. The van der Waals surface area contributed by atoms with E-state index < -0.39 is 0 Å². The van der Waals surface area contributed by atoms with Crippen LogP contribution in [-0.2, 0) is 17.9 Å². The highest BCUT2D eigenvalue weighted by Gasteiger charge is 2.32. The molecule has 6 heteroatoms. The lowest BCUT2D eigenvalue weighted by molar-refractivity contribution is -0.134. The molecule has 2 N–H and O–H groups in total. The van der Waals surface area contributed by atoms with Crippen LogP contribution in [0.15, 0.2) is 59.6 Å². The van der Waals surface area contributed by atoms with Crippen molar-refractivity contribution in [2.24, 2.45) is 10.9 Å². The van der Waals surface area contributed by atoms with Gasteiger partial charge in [0.05, 0.1) is 0 Å². The Morgan fingerprint density at radius 1 is 1.03 bits per heavy atom. The third-order valence-corrected chi connectivity index (χ3v) is 6.40. The van der Waals surface area contributed by atoms with E-state index >= 15 is 0 Å². The number of para-hydroxylation sites is 1. The zero-order valence-corrected chi connectivity index (χ0v) is 18.9. The number of rotatable bonds is 7. The van der Waals surface area contributed by atoms with Gasteiger partial charge < -0.3 is 20.3 Å². The second kappa shape index (κ2) is 11.0. The molecule has 32 heavy (non-hydrogen) atoms. The summed E-state index contributed by atoms with van der Waals surface area (Å²) in [7, 11) is 1.79. The summed E-state index contributed by atoms with van der Waals surface area (Å²) in [5.41, 5.74) is 2.32. The summed E-state index contributed by atoms with van der Waals surface area (Å²) in [5, 5.41) is 6.88. The first kappa shape index (κ1) is 22.2. The van der Waals surface area contributed by atoms with Crippen molar-refractivity contribution < 1.29 is 9.53 Å². The summed E-state index contributed by atoms with van der Waals surface area (Å²) < 4.78 is 5.81. The van der Waals surface area contributed by atoms with Gasteiger partial charge in [-0.3, -0.25) is 9.79 Å². The molecular weight excluding hydrogens is 400 g/mol. The Bertz CT molecular complexity index is 892. The van der Waals surface area contributed by atoms with Gasteiger partial charge in [0.1, 0.15) is 12.4 Å². The predicted molar refractivity (Wildman–Crippen MR) is 127 cm³/mol. The smallest absolute Gasteiger partial charge is 0.225 e. The third-order valence-electron chi connectivity index (χ3n) is 6.40. The van der Waals surface area contributed by atoms with Crippen LogP contribution in [-0.4, -0.2) is 42.9 Å². The van der Waals surface area contributed by atoms with Gasteiger partial charge in [-0.05, 0) is 42.5 Å². The van der Waals surface area contributed by atoms with E-state index in [-0.39, 0.29) is 12.0 Å². The van der Waals surface area contributed by atoms with Crippen molar-refractivity contribution in [1.29, 1.82) is 0 Å². The van der Waals surface area contributed by atoms with Crippen molar-refractivity contribution in [2.75, 3.05) is 20.1 Å². The number of guanidine groups is 1. The maximum Gasteiger partial charge on any atom is 0.225 e. The molecule has 1 heterocycles. The zero-order valence-electron chi connectivity index (χ0n) is 18.9. The Morgan fingerprint density at radius 2 is 1.75 bits per heavy atom. The minimum absolute atomic E-state index is 0.254. The van der Waals surface area contributed by atoms with Gasteiger partial charge in [0.25, 0.3) is 0 Å². The van der Waals surface area contributed by atoms with E-state index in [0.29, 0.717) is 19.1 Å². The highest BCUT2D eigenvalue weighted by molar-refractivity contribution is 5.81. The van der Waals surface area contributed by atoms with E-state index in [1.54, 1.807) is 7.05 Å². The molecule has 2 aromatic carbocycles. The molecule has 2 aliphatic rings. The van der Waals surface area contributed by atoms with Crippen LogP contribution in [0.4, 0.5) is 0 Å². The van der Waals surface area contributed by atoms with Crippen LogP contribution in [0.25, 0.3) is 0 Å². The highest BCUT2D eigenvalue weighted by atomic mass is 16.5. The van der Waals surface area contributed by atoms with Crippen LogP contribution in [0.2, 0.25) is 0 Å².